The summed E-state index contributed by atoms with van der Waals surface area (Å²) in [5, 5.41) is 10.1. The third kappa shape index (κ3) is 3.35. The fourth-order valence-electron chi connectivity index (χ4n) is 2.07. The summed E-state index contributed by atoms with van der Waals surface area (Å²) in [5.74, 6) is 0.622. The summed E-state index contributed by atoms with van der Waals surface area (Å²) in [4.78, 5) is 11.9. The average Bonchev–Trinajstić information content (AvgIpc) is 3.24. The lowest BCUT2D eigenvalue weighted by atomic mass is 10.2. The fourth-order valence-corrected chi connectivity index (χ4v) is 2.07. The first-order valence-corrected chi connectivity index (χ1v) is 6.95. The summed E-state index contributed by atoms with van der Waals surface area (Å²) < 4.78 is 6.92. The number of aromatic nitrogens is 2. The van der Waals surface area contributed by atoms with E-state index in [4.69, 9.17) is 4.42 Å². The van der Waals surface area contributed by atoms with Crippen LogP contribution in [0.25, 0.3) is 5.69 Å². The maximum atomic E-state index is 11.9. The van der Waals surface area contributed by atoms with Gasteiger partial charge in [-0.2, -0.15) is 5.10 Å². The fraction of sp³-hybridized carbons (Fsp3) is 0.125. The molecule has 0 fully saturated rings. The van der Waals surface area contributed by atoms with Crippen LogP contribution in [0.3, 0.4) is 0 Å². The van der Waals surface area contributed by atoms with Crippen molar-refractivity contribution < 1.29 is 9.21 Å². The normalized spacial score (nSPS) is 10.4. The maximum absolute atomic E-state index is 11.9. The Morgan fingerprint density at radius 1 is 1.18 bits per heavy atom. The lowest BCUT2D eigenvalue weighted by molar-refractivity contribution is -0.119. The number of furan rings is 1. The molecule has 0 saturated heterocycles. The number of hydrogen-bond donors (Lipinski definition) is 2. The molecule has 0 bridgehead atoms. The number of nitrogens with one attached hydrogen (secondary N) is 2. The van der Waals surface area contributed by atoms with Crippen molar-refractivity contribution in [2.45, 2.75) is 6.54 Å². The third-order valence-corrected chi connectivity index (χ3v) is 3.13. The highest BCUT2D eigenvalue weighted by Gasteiger charge is 2.06. The van der Waals surface area contributed by atoms with E-state index in [2.05, 4.69) is 15.7 Å². The second-order valence-electron chi connectivity index (χ2n) is 4.68. The molecule has 1 aromatic carbocycles. The van der Waals surface area contributed by atoms with Gasteiger partial charge in [-0.1, -0.05) is 12.1 Å². The molecule has 0 radical (unpaired) electrons. The summed E-state index contributed by atoms with van der Waals surface area (Å²) in [5.41, 5.74) is 1.74. The molecule has 0 saturated carbocycles. The summed E-state index contributed by atoms with van der Waals surface area (Å²) in [6.45, 7) is 0.563. The van der Waals surface area contributed by atoms with E-state index in [1.165, 1.54) is 0 Å². The molecule has 3 aromatic rings. The summed E-state index contributed by atoms with van der Waals surface area (Å²) in [7, 11) is 0. The highest BCUT2D eigenvalue weighted by Crippen LogP contribution is 2.18. The second-order valence-corrected chi connectivity index (χ2v) is 4.68. The first kappa shape index (κ1) is 13.9. The number of anilines is 1. The van der Waals surface area contributed by atoms with Gasteiger partial charge in [0.15, 0.2) is 0 Å². The maximum Gasteiger partial charge on any atom is 0.239 e. The molecule has 0 spiro atoms. The van der Waals surface area contributed by atoms with Crippen LogP contribution in [0.5, 0.6) is 0 Å². The molecule has 0 unspecified atom stereocenters. The Bertz CT molecular complexity index is 720. The topological polar surface area (TPSA) is 72.1 Å². The van der Waals surface area contributed by atoms with E-state index in [9.17, 15) is 4.79 Å². The standard InChI is InChI=1S/C16H16N4O2/c21-16(18-11-13-5-3-10-22-13)12-17-14-6-1-2-7-15(14)20-9-4-8-19-20/h1-10,17H,11-12H2,(H,18,21). The zero-order valence-corrected chi connectivity index (χ0v) is 11.9. The van der Waals surface area contributed by atoms with E-state index in [-0.39, 0.29) is 12.5 Å². The van der Waals surface area contributed by atoms with Gasteiger partial charge in [0.05, 0.1) is 30.7 Å². The molecule has 2 N–H and O–H groups in total. The number of para-hydroxylation sites is 2. The van der Waals surface area contributed by atoms with Crippen molar-refractivity contribution >= 4 is 11.6 Å². The number of amides is 1. The van der Waals surface area contributed by atoms with Gasteiger partial charge < -0.3 is 15.1 Å². The number of carbonyl (C=O) groups excluding carboxylic acids is 1. The van der Waals surface area contributed by atoms with E-state index in [0.717, 1.165) is 17.1 Å². The first-order valence-electron chi connectivity index (χ1n) is 6.95. The quantitative estimate of drug-likeness (QED) is 0.731. The zero-order chi connectivity index (χ0) is 15.2. The van der Waals surface area contributed by atoms with E-state index >= 15 is 0 Å². The van der Waals surface area contributed by atoms with Crippen LogP contribution in [0.4, 0.5) is 5.69 Å². The van der Waals surface area contributed by atoms with Gasteiger partial charge in [-0.25, -0.2) is 4.68 Å². The van der Waals surface area contributed by atoms with Crippen molar-refractivity contribution in [3.05, 3.63) is 66.9 Å². The van der Waals surface area contributed by atoms with Gasteiger partial charge in [-0.15, -0.1) is 0 Å². The first-order chi connectivity index (χ1) is 10.8. The summed E-state index contributed by atoms with van der Waals surface area (Å²) >= 11 is 0. The molecule has 1 amide bonds. The molecule has 0 aliphatic heterocycles. The average molecular weight is 296 g/mol. The predicted molar refractivity (Wildman–Crippen MR) is 82.6 cm³/mol. The molecule has 2 heterocycles. The molecule has 112 valence electrons. The van der Waals surface area contributed by atoms with Gasteiger partial charge in [0.1, 0.15) is 5.76 Å². The Kier molecular flexibility index (Phi) is 4.20. The molecular weight excluding hydrogens is 280 g/mol. The highest BCUT2D eigenvalue weighted by molar-refractivity contribution is 5.81. The molecule has 6 heteroatoms. The minimum atomic E-state index is -0.105. The smallest absolute Gasteiger partial charge is 0.239 e. The number of benzene rings is 1. The van der Waals surface area contributed by atoms with Crippen molar-refractivity contribution in [2.75, 3.05) is 11.9 Å². The van der Waals surface area contributed by atoms with Gasteiger partial charge >= 0.3 is 0 Å². The summed E-state index contributed by atoms with van der Waals surface area (Å²) in [6.07, 6.45) is 5.16. The summed E-state index contributed by atoms with van der Waals surface area (Å²) in [6, 6.07) is 13.2. The molecule has 3 rings (SSSR count). The molecule has 0 aliphatic rings. The minimum Gasteiger partial charge on any atom is -0.467 e. The number of hydrogen-bond acceptors (Lipinski definition) is 4. The third-order valence-electron chi connectivity index (χ3n) is 3.13. The van der Waals surface area contributed by atoms with Crippen LogP contribution < -0.4 is 10.6 Å². The number of rotatable bonds is 6. The monoisotopic (exact) mass is 296 g/mol. The van der Waals surface area contributed by atoms with Crippen LogP contribution in [0.2, 0.25) is 0 Å². The van der Waals surface area contributed by atoms with Crippen LogP contribution in [-0.4, -0.2) is 22.2 Å². The highest BCUT2D eigenvalue weighted by atomic mass is 16.3. The zero-order valence-electron chi connectivity index (χ0n) is 11.9. The Morgan fingerprint density at radius 2 is 2.09 bits per heavy atom. The minimum absolute atomic E-state index is 0.105. The van der Waals surface area contributed by atoms with Crippen molar-refractivity contribution in [2.24, 2.45) is 0 Å². The van der Waals surface area contributed by atoms with Crippen LogP contribution >= 0.6 is 0 Å². The van der Waals surface area contributed by atoms with Crippen molar-refractivity contribution in [3.8, 4) is 5.69 Å². The van der Waals surface area contributed by atoms with Crippen molar-refractivity contribution in [1.29, 1.82) is 0 Å². The van der Waals surface area contributed by atoms with Crippen LogP contribution in [0, 0.1) is 0 Å². The van der Waals surface area contributed by atoms with Gasteiger partial charge in [0, 0.05) is 12.4 Å². The second kappa shape index (κ2) is 6.62. The lowest BCUT2D eigenvalue weighted by Crippen LogP contribution is -2.29. The molecule has 6 nitrogen and oxygen atoms in total. The Balaban J connectivity index is 1.58. The molecule has 2 aromatic heterocycles. The molecule has 0 atom stereocenters. The number of carbonyl (C=O) groups is 1. The van der Waals surface area contributed by atoms with E-state index in [1.807, 2.05) is 42.6 Å². The van der Waals surface area contributed by atoms with E-state index in [0.29, 0.717) is 6.54 Å². The lowest BCUT2D eigenvalue weighted by Gasteiger charge is -2.11. The Labute approximate surface area is 127 Å². The van der Waals surface area contributed by atoms with Crippen LogP contribution in [-0.2, 0) is 11.3 Å². The van der Waals surface area contributed by atoms with E-state index in [1.54, 1.807) is 23.2 Å². The SMILES string of the molecule is O=C(CNc1ccccc1-n1cccn1)NCc1ccco1. The van der Waals surface area contributed by atoms with Crippen molar-refractivity contribution in [1.82, 2.24) is 15.1 Å². The Hall–Kier alpha value is -3.02. The molecule has 22 heavy (non-hydrogen) atoms. The van der Waals surface area contributed by atoms with Gasteiger partial charge in [-0.05, 0) is 30.3 Å². The van der Waals surface area contributed by atoms with E-state index < -0.39 is 0 Å². The molecule has 0 aliphatic carbocycles. The largest absolute Gasteiger partial charge is 0.467 e. The van der Waals surface area contributed by atoms with Gasteiger partial charge in [0.25, 0.3) is 0 Å². The molecular formula is C16H16N4O2. The van der Waals surface area contributed by atoms with Gasteiger partial charge in [-0.3, -0.25) is 4.79 Å². The predicted octanol–water partition coefficient (Wildman–Crippen LogP) is 2.19. The van der Waals surface area contributed by atoms with Gasteiger partial charge in [0.2, 0.25) is 5.91 Å². The van der Waals surface area contributed by atoms with Crippen LogP contribution in [0.15, 0.2) is 65.5 Å². The van der Waals surface area contributed by atoms with Crippen LogP contribution in [0.1, 0.15) is 5.76 Å². The van der Waals surface area contributed by atoms with Crippen molar-refractivity contribution in [3.63, 3.8) is 0 Å². The number of nitrogens with zero attached hydrogens (tertiary/aromatic N) is 2. The Morgan fingerprint density at radius 3 is 2.86 bits per heavy atom.